The number of carbonyl (C=O) groups is 1. The first-order valence-electron chi connectivity index (χ1n) is 8.97. The van der Waals surface area contributed by atoms with Crippen LogP contribution < -0.4 is 10.2 Å². The fourth-order valence-corrected chi connectivity index (χ4v) is 4.14. The van der Waals surface area contributed by atoms with E-state index in [0.29, 0.717) is 18.2 Å². The van der Waals surface area contributed by atoms with Crippen molar-refractivity contribution in [1.29, 1.82) is 0 Å². The van der Waals surface area contributed by atoms with Crippen molar-refractivity contribution >= 4 is 23.2 Å². The normalized spacial score (nSPS) is 19.3. The number of hydrogen-bond donors (Lipinski definition) is 2. The van der Waals surface area contributed by atoms with Crippen LogP contribution in [0.3, 0.4) is 0 Å². The molecule has 2 N–H and O–H groups in total. The number of aryl methyl sites for hydroxylation is 2. The molecule has 4 rings (SSSR count). The summed E-state index contributed by atoms with van der Waals surface area (Å²) in [6.07, 6.45) is 4.15. The SMILES string of the molecule is Cc1ccc(Cl)cc1N1CCC(CNC(=O)c2n[nH]c3c2CCC3)C1. The molecule has 1 fully saturated rings. The smallest absolute Gasteiger partial charge is 0.272 e. The van der Waals surface area contributed by atoms with Crippen LogP contribution >= 0.6 is 11.6 Å². The Bertz CT molecular complexity index is 801. The lowest BCUT2D eigenvalue weighted by Crippen LogP contribution is -2.31. The van der Waals surface area contributed by atoms with E-state index < -0.39 is 0 Å². The molecule has 1 aliphatic carbocycles. The van der Waals surface area contributed by atoms with Crippen LogP contribution in [0, 0.1) is 12.8 Å². The van der Waals surface area contributed by atoms with E-state index in [1.54, 1.807) is 0 Å². The van der Waals surface area contributed by atoms with Gasteiger partial charge >= 0.3 is 0 Å². The van der Waals surface area contributed by atoms with Crippen LogP contribution in [0.5, 0.6) is 0 Å². The second kappa shape index (κ2) is 6.71. The van der Waals surface area contributed by atoms with Crippen LogP contribution in [0.2, 0.25) is 5.02 Å². The Morgan fingerprint density at radius 3 is 3.20 bits per heavy atom. The first-order valence-corrected chi connectivity index (χ1v) is 9.35. The Hall–Kier alpha value is -2.01. The molecule has 25 heavy (non-hydrogen) atoms. The second-order valence-electron chi connectivity index (χ2n) is 7.12. The number of hydrogen-bond acceptors (Lipinski definition) is 3. The van der Waals surface area contributed by atoms with Crippen molar-refractivity contribution in [1.82, 2.24) is 15.5 Å². The number of nitrogens with one attached hydrogen (secondary N) is 2. The largest absolute Gasteiger partial charge is 0.371 e. The minimum Gasteiger partial charge on any atom is -0.371 e. The van der Waals surface area contributed by atoms with Gasteiger partial charge in [0, 0.05) is 41.6 Å². The van der Waals surface area contributed by atoms with Crippen molar-refractivity contribution in [2.75, 3.05) is 24.5 Å². The van der Waals surface area contributed by atoms with Gasteiger partial charge < -0.3 is 10.2 Å². The van der Waals surface area contributed by atoms with E-state index in [9.17, 15) is 4.79 Å². The summed E-state index contributed by atoms with van der Waals surface area (Å²) in [5.41, 5.74) is 5.27. The average molecular weight is 359 g/mol. The molecule has 2 aliphatic rings. The summed E-state index contributed by atoms with van der Waals surface area (Å²) in [7, 11) is 0. The van der Waals surface area contributed by atoms with Gasteiger partial charge in [-0.15, -0.1) is 0 Å². The van der Waals surface area contributed by atoms with E-state index in [2.05, 4.69) is 33.4 Å². The topological polar surface area (TPSA) is 61.0 Å². The van der Waals surface area contributed by atoms with E-state index in [1.807, 2.05) is 12.1 Å². The number of nitrogens with zero attached hydrogens (tertiary/aromatic N) is 2. The monoisotopic (exact) mass is 358 g/mol. The zero-order valence-electron chi connectivity index (χ0n) is 14.4. The van der Waals surface area contributed by atoms with Gasteiger partial charge in [-0.3, -0.25) is 9.89 Å². The summed E-state index contributed by atoms with van der Waals surface area (Å²) in [5.74, 6) is 0.408. The molecule has 1 unspecified atom stereocenters. The molecule has 1 atom stereocenters. The summed E-state index contributed by atoms with van der Waals surface area (Å²) in [5, 5.41) is 11.1. The van der Waals surface area contributed by atoms with E-state index in [1.165, 1.54) is 11.3 Å². The molecule has 132 valence electrons. The van der Waals surface area contributed by atoms with E-state index >= 15 is 0 Å². The van der Waals surface area contributed by atoms with Gasteiger partial charge in [-0.25, -0.2) is 0 Å². The summed E-state index contributed by atoms with van der Waals surface area (Å²) in [6, 6.07) is 6.02. The van der Waals surface area contributed by atoms with Crippen molar-refractivity contribution < 1.29 is 4.79 Å². The Balaban J connectivity index is 1.35. The van der Waals surface area contributed by atoms with Crippen LogP contribution in [0.15, 0.2) is 18.2 Å². The molecule has 0 bridgehead atoms. The van der Waals surface area contributed by atoms with Crippen LogP contribution in [-0.2, 0) is 12.8 Å². The van der Waals surface area contributed by atoms with E-state index in [4.69, 9.17) is 11.6 Å². The number of aromatic nitrogens is 2. The minimum absolute atomic E-state index is 0.0446. The number of H-pyrrole nitrogens is 1. The van der Waals surface area contributed by atoms with Crippen LogP contribution in [0.25, 0.3) is 0 Å². The third-order valence-corrected chi connectivity index (χ3v) is 5.61. The zero-order valence-corrected chi connectivity index (χ0v) is 15.2. The summed E-state index contributed by atoms with van der Waals surface area (Å²) < 4.78 is 0. The lowest BCUT2D eigenvalue weighted by Gasteiger charge is -2.21. The summed E-state index contributed by atoms with van der Waals surface area (Å²) >= 11 is 6.14. The number of amides is 1. The quantitative estimate of drug-likeness (QED) is 0.882. The van der Waals surface area contributed by atoms with Crippen LogP contribution in [0.1, 0.15) is 40.2 Å². The highest BCUT2D eigenvalue weighted by Gasteiger charge is 2.26. The molecule has 1 aliphatic heterocycles. The number of carbonyl (C=O) groups excluding carboxylic acids is 1. The highest BCUT2D eigenvalue weighted by Crippen LogP contribution is 2.29. The first kappa shape index (κ1) is 16.5. The molecule has 0 spiro atoms. The molecule has 1 amide bonds. The Morgan fingerprint density at radius 1 is 1.44 bits per heavy atom. The maximum absolute atomic E-state index is 12.4. The van der Waals surface area contributed by atoms with Gasteiger partial charge in [0.05, 0.1) is 0 Å². The van der Waals surface area contributed by atoms with E-state index in [-0.39, 0.29) is 5.91 Å². The van der Waals surface area contributed by atoms with Gasteiger partial charge in [0.1, 0.15) is 0 Å². The van der Waals surface area contributed by atoms with Crippen molar-refractivity contribution in [2.24, 2.45) is 5.92 Å². The van der Waals surface area contributed by atoms with Crippen molar-refractivity contribution in [3.05, 3.63) is 45.7 Å². The summed E-state index contributed by atoms with van der Waals surface area (Å²) in [6.45, 7) is 4.75. The van der Waals surface area contributed by atoms with Gasteiger partial charge in [0.15, 0.2) is 5.69 Å². The molecule has 0 saturated carbocycles. The van der Waals surface area contributed by atoms with Crippen molar-refractivity contribution in [3.63, 3.8) is 0 Å². The molecule has 2 aromatic rings. The second-order valence-corrected chi connectivity index (χ2v) is 7.56. The van der Waals surface area contributed by atoms with Gasteiger partial charge in [-0.2, -0.15) is 5.10 Å². The average Bonchev–Trinajstić information content (AvgIpc) is 3.31. The molecule has 2 heterocycles. The third-order valence-electron chi connectivity index (χ3n) is 5.37. The highest BCUT2D eigenvalue weighted by molar-refractivity contribution is 6.30. The number of benzene rings is 1. The van der Waals surface area contributed by atoms with Gasteiger partial charge in [-0.1, -0.05) is 17.7 Å². The lowest BCUT2D eigenvalue weighted by atomic mass is 10.1. The zero-order chi connectivity index (χ0) is 17.4. The van der Waals surface area contributed by atoms with Gasteiger partial charge in [0.2, 0.25) is 0 Å². The number of anilines is 1. The van der Waals surface area contributed by atoms with Gasteiger partial charge in [-0.05, 0) is 56.2 Å². The number of fused-ring (bicyclic) bond motifs is 1. The van der Waals surface area contributed by atoms with Gasteiger partial charge in [0.25, 0.3) is 5.91 Å². The maximum Gasteiger partial charge on any atom is 0.272 e. The first-order chi connectivity index (χ1) is 12.1. The molecule has 1 saturated heterocycles. The molecule has 1 aromatic heterocycles. The predicted molar refractivity (Wildman–Crippen MR) is 99.5 cm³/mol. The molecule has 6 heteroatoms. The molecule has 5 nitrogen and oxygen atoms in total. The fraction of sp³-hybridized carbons (Fsp3) is 0.474. The van der Waals surface area contributed by atoms with Crippen LogP contribution in [0.4, 0.5) is 5.69 Å². The maximum atomic E-state index is 12.4. The molecule has 1 aromatic carbocycles. The molecular weight excluding hydrogens is 336 g/mol. The van der Waals surface area contributed by atoms with Crippen LogP contribution in [-0.4, -0.2) is 35.7 Å². The van der Waals surface area contributed by atoms with Crippen molar-refractivity contribution in [2.45, 2.75) is 32.6 Å². The predicted octanol–water partition coefficient (Wildman–Crippen LogP) is 3.12. The third kappa shape index (κ3) is 3.25. The Labute approximate surface area is 152 Å². The summed E-state index contributed by atoms with van der Waals surface area (Å²) in [4.78, 5) is 14.8. The number of aromatic amines is 1. The lowest BCUT2D eigenvalue weighted by molar-refractivity contribution is 0.0942. The minimum atomic E-state index is -0.0446. The highest BCUT2D eigenvalue weighted by atomic mass is 35.5. The fourth-order valence-electron chi connectivity index (χ4n) is 3.97. The molecule has 0 radical (unpaired) electrons. The number of rotatable bonds is 4. The molecular formula is C19H23ClN4O. The standard InChI is InChI=1S/C19H23ClN4O/c1-12-5-6-14(20)9-17(12)24-8-7-13(11-24)10-21-19(25)18-15-3-2-4-16(15)22-23-18/h5-6,9,13H,2-4,7-8,10-11H2,1H3,(H,21,25)(H,22,23). The Morgan fingerprint density at radius 2 is 2.32 bits per heavy atom. The Kier molecular flexibility index (Phi) is 4.42. The van der Waals surface area contributed by atoms with E-state index in [0.717, 1.165) is 55.1 Å². The number of halogens is 1. The van der Waals surface area contributed by atoms with Crippen molar-refractivity contribution in [3.8, 4) is 0 Å².